The van der Waals surface area contributed by atoms with E-state index >= 15 is 0 Å². The van der Waals surface area contributed by atoms with Crippen molar-refractivity contribution in [3.05, 3.63) is 59.7 Å². The zero-order chi connectivity index (χ0) is 24.1. The van der Waals surface area contributed by atoms with Gasteiger partial charge in [-0.25, -0.2) is 4.79 Å². The van der Waals surface area contributed by atoms with Crippen LogP contribution in [0.25, 0.3) is 11.1 Å². The number of nitrogens with one attached hydrogen (secondary N) is 1. The molecule has 2 aromatic carbocycles. The molecule has 1 fully saturated rings. The number of aliphatic carboxylic acids is 1. The maximum absolute atomic E-state index is 12.6. The summed E-state index contributed by atoms with van der Waals surface area (Å²) in [6.45, 7) is 3.44. The van der Waals surface area contributed by atoms with Crippen LogP contribution in [-0.4, -0.2) is 53.7 Å². The standard InChI is InChI=1S/C27H32N2O5/c1-2-7-19(14-25(30)29-15-18(16-29)12-13-26(31)32)28-27(33)34-17-24-22-10-5-3-8-20(22)21-9-4-6-11-23(21)24/h3-6,8-11,18-19,24H,2,7,12-17H2,1H3,(H,28,33)(H,31,32)/t19-/m0/s1. The van der Waals surface area contributed by atoms with E-state index in [1.54, 1.807) is 4.90 Å². The van der Waals surface area contributed by atoms with Gasteiger partial charge in [-0.3, -0.25) is 9.59 Å². The molecule has 4 rings (SSSR count). The molecule has 0 aromatic heterocycles. The number of ether oxygens (including phenoxy) is 1. The van der Waals surface area contributed by atoms with E-state index in [9.17, 15) is 14.4 Å². The molecule has 7 heteroatoms. The third-order valence-electron chi connectivity index (χ3n) is 6.80. The molecule has 34 heavy (non-hydrogen) atoms. The van der Waals surface area contributed by atoms with Crippen molar-refractivity contribution in [1.29, 1.82) is 0 Å². The third-order valence-corrected chi connectivity index (χ3v) is 6.80. The van der Waals surface area contributed by atoms with Gasteiger partial charge in [0.05, 0.1) is 0 Å². The van der Waals surface area contributed by atoms with Crippen LogP contribution < -0.4 is 5.32 Å². The van der Waals surface area contributed by atoms with Crippen LogP contribution in [0.1, 0.15) is 56.1 Å². The number of carboxylic acids is 1. The first kappa shape index (κ1) is 23.8. The largest absolute Gasteiger partial charge is 0.481 e. The minimum atomic E-state index is -0.805. The molecule has 0 spiro atoms. The molecule has 2 aliphatic rings. The van der Waals surface area contributed by atoms with Crippen molar-refractivity contribution in [2.75, 3.05) is 19.7 Å². The molecule has 0 unspecified atom stereocenters. The number of likely N-dealkylation sites (tertiary alicyclic amines) is 1. The molecular formula is C27H32N2O5. The lowest BCUT2D eigenvalue weighted by Crippen LogP contribution is -2.51. The Hall–Kier alpha value is -3.35. The van der Waals surface area contributed by atoms with Gasteiger partial charge in [-0.2, -0.15) is 0 Å². The second-order valence-electron chi connectivity index (χ2n) is 9.26. The summed E-state index contributed by atoms with van der Waals surface area (Å²) in [6, 6.07) is 16.1. The van der Waals surface area contributed by atoms with E-state index in [0.29, 0.717) is 25.9 Å². The Bertz CT molecular complexity index is 1000. The SMILES string of the molecule is CCC[C@@H](CC(=O)N1CC(CCC(=O)O)C1)NC(=O)OCC1c2ccccc2-c2ccccc21. The predicted molar refractivity (Wildman–Crippen MR) is 128 cm³/mol. The Balaban J connectivity index is 1.28. The van der Waals surface area contributed by atoms with Crippen molar-refractivity contribution in [3.63, 3.8) is 0 Å². The van der Waals surface area contributed by atoms with Gasteiger partial charge in [-0.15, -0.1) is 0 Å². The highest BCUT2D eigenvalue weighted by atomic mass is 16.5. The second kappa shape index (κ2) is 10.7. The Labute approximate surface area is 200 Å². The number of hydrogen-bond donors (Lipinski definition) is 2. The van der Waals surface area contributed by atoms with Gasteiger partial charge in [0.2, 0.25) is 5.91 Å². The number of hydrogen-bond acceptors (Lipinski definition) is 4. The number of benzene rings is 2. The summed E-state index contributed by atoms with van der Waals surface area (Å²) in [7, 11) is 0. The van der Waals surface area contributed by atoms with E-state index in [0.717, 1.165) is 17.5 Å². The van der Waals surface area contributed by atoms with Gasteiger partial charge in [0.15, 0.2) is 0 Å². The number of alkyl carbamates (subject to hydrolysis) is 1. The van der Waals surface area contributed by atoms with Gasteiger partial charge in [0.25, 0.3) is 0 Å². The van der Waals surface area contributed by atoms with Gasteiger partial charge < -0.3 is 20.1 Å². The monoisotopic (exact) mass is 464 g/mol. The molecule has 180 valence electrons. The first-order valence-corrected chi connectivity index (χ1v) is 12.1. The van der Waals surface area contributed by atoms with Crippen molar-refractivity contribution >= 4 is 18.0 Å². The molecule has 2 N–H and O–H groups in total. The number of fused-ring (bicyclic) bond motifs is 3. The molecule has 1 saturated heterocycles. The molecule has 2 aromatic rings. The zero-order valence-corrected chi connectivity index (χ0v) is 19.5. The Kier molecular flexibility index (Phi) is 7.50. The second-order valence-corrected chi connectivity index (χ2v) is 9.26. The maximum atomic E-state index is 12.6. The van der Waals surface area contributed by atoms with Gasteiger partial charge in [0.1, 0.15) is 6.61 Å². The van der Waals surface area contributed by atoms with Crippen LogP contribution in [0, 0.1) is 5.92 Å². The van der Waals surface area contributed by atoms with E-state index in [2.05, 4.69) is 29.6 Å². The molecule has 1 aliphatic carbocycles. The molecule has 0 bridgehead atoms. The summed E-state index contributed by atoms with van der Waals surface area (Å²) in [6.07, 6.45) is 1.97. The Morgan fingerprint density at radius 1 is 1.06 bits per heavy atom. The predicted octanol–water partition coefficient (Wildman–Crippen LogP) is 4.41. The zero-order valence-electron chi connectivity index (χ0n) is 19.5. The van der Waals surface area contributed by atoms with Crippen LogP contribution in [0.4, 0.5) is 4.79 Å². The molecular weight excluding hydrogens is 432 g/mol. The number of nitrogens with zero attached hydrogens (tertiary/aromatic N) is 1. The fraction of sp³-hybridized carbons (Fsp3) is 0.444. The molecule has 0 radical (unpaired) electrons. The van der Waals surface area contributed by atoms with Crippen LogP contribution in [0.15, 0.2) is 48.5 Å². The maximum Gasteiger partial charge on any atom is 0.407 e. The normalized spacial score (nSPS) is 15.7. The highest BCUT2D eigenvalue weighted by Gasteiger charge is 2.32. The summed E-state index contributed by atoms with van der Waals surface area (Å²) in [4.78, 5) is 37.7. The van der Waals surface area contributed by atoms with Crippen molar-refractivity contribution in [2.24, 2.45) is 5.92 Å². The number of rotatable bonds is 10. The van der Waals surface area contributed by atoms with Gasteiger partial charge in [-0.1, -0.05) is 61.9 Å². The quantitative estimate of drug-likeness (QED) is 0.543. The van der Waals surface area contributed by atoms with Gasteiger partial charge in [-0.05, 0) is 41.0 Å². The van der Waals surface area contributed by atoms with Crippen LogP contribution in [-0.2, 0) is 14.3 Å². The lowest BCUT2D eigenvalue weighted by molar-refractivity contribution is -0.139. The van der Waals surface area contributed by atoms with E-state index < -0.39 is 12.1 Å². The Morgan fingerprint density at radius 2 is 1.68 bits per heavy atom. The van der Waals surface area contributed by atoms with Crippen LogP contribution in [0.3, 0.4) is 0 Å². The Morgan fingerprint density at radius 3 is 2.26 bits per heavy atom. The fourth-order valence-corrected chi connectivity index (χ4v) is 5.00. The molecule has 2 amide bonds. The fourth-order valence-electron chi connectivity index (χ4n) is 5.00. The van der Waals surface area contributed by atoms with Crippen molar-refractivity contribution in [1.82, 2.24) is 10.2 Å². The topological polar surface area (TPSA) is 95.9 Å². The average molecular weight is 465 g/mol. The number of carbonyl (C=O) groups excluding carboxylic acids is 2. The summed E-state index contributed by atoms with van der Waals surface area (Å²) >= 11 is 0. The number of carbonyl (C=O) groups is 3. The minimum Gasteiger partial charge on any atom is -0.481 e. The summed E-state index contributed by atoms with van der Waals surface area (Å²) in [5, 5.41) is 11.7. The molecule has 1 aliphatic heterocycles. The molecule has 1 atom stereocenters. The molecule has 1 heterocycles. The number of carboxylic acid groups (broad SMARTS) is 1. The highest BCUT2D eigenvalue weighted by molar-refractivity contribution is 5.80. The minimum absolute atomic E-state index is 0.00627. The average Bonchev–Trinajstić information content (AvgIpc) is 3.10. The lowest BCUT2D eigenvalue weighted by atomic mass is 9.93. The molecule has 7 nitrogen and oxygen atoms in total. The summed E-state index contributed by atoms with van der Waals surface area (Å²) < 4.78 is 5.64. The van der Waals surface area contributed by atoms with Gasteiger partial charge in [0, 0.05) is 37.9 Å². The third kappa shape index (κ3) is 5.41. The van der Waals surface area contributed by atoms with Crippen LogP contribution >= 0.6 is 0 Å². The summed E-state index contributed by atoms with van der Waals surface area (Å²) in [5.74, 6) is -0.572. The first-order valence-electron chi connectivity index (χ1n) is 12.1. The van der Waals surface area contributed by atoms with Crippen molar-refractivity contribution in [3.8, 4) is 11.1 Å². The lowest BCUT2D eigenvalue weighted by Gasteiger charge is -2.40. The van der Waals surface area contributed by atoms with E-state index in [1.807, 2.05) is 31.2 Å². The van der Waals surface area contributed by atoms with E-state index in [4.69, 9.17) is 9.84 Å². The van der Waals surface area contributed by atoms with Crippen molar-refractivity contribution in [2.45, 2.75) is 51.0 Å². The first-order chi connectivity index (χ1) is 16.5. The van der Waals surface area contributed by atoms with Crippen LogP contribution in [0.2, 0.25) is 0 Å². The van der Waals surface area contributed by atoms with Crippen molar-refractivity contribution < 1.29 is 24.2 Å². The van der Waals surface area contributed by atoms with Gasteiger partial charge >= 0.3 is 12.1 Å². The smallest absolute Gasteiger partial charge is 0.407 e. The van der Waals surface area contributed by atoms with Crippen LogP contribution in [0.5, 0.6) is 0 Å². The number of amides is 2. The molecule has 0 saturated carbocycles. The van der Waals surface area contributed by atoms with E-state index in [1.165, 1.54) is 11.1 Å². The van der Waals surface area contributed by atoms with E-state index in [-0.39, 0.29) is 43.2 Å². The summed E-state index contributed by atoms with van der Waals surface area (Å²) in [5.41, 5.74) is 4.68. The highest BCUT2D eigenvalue weighted by Crippen LogP contribution is 2.44.